The lowest BCUT2D eigenvalue weighted by Crippen LogP contribution is -1.98. The highest BCUT2D eigenvalue weighted by molar-refractivity contribution is 14.1. The number of aliphatic hydroxyl groups excluding tert-OH is 1. The monoisotopic (exact) mass is 354 g/mol. The van der Waals surface area contributed by atoms with E-state index < -0.39 is 0 Å². The van der Waals surface area contributed by atoms with E-state index in [4.69, 9.17) is 0 Å². The third kappa shape index (κ3) is 3.22. The highest BCUT2D eigenvalue weighted by atomic mass is 127. The lowest BCUT2D eigenvalue weighted by Gasteiger charge is -2.11. The molecular weight excluding hydrogens is 343 g/mol. The van der Waals surface area contributed by atoms with Crippen molar-refractivity contribution in [3.63, 3.8) is 0 Å². The lowest BCUT2D eigenvalue weighted by molar-refractivity contribution is 0.165. The van der Waals surface area contributed by atoms with E-state index >= 15 is 0 Å². The van der Waals surface area contributed by atoms with Crippen molar-refractivity contribution in [1.82, 2.24) is 0 Å². The molecule has 0 radical (unpaired) electrons. The first-order valence-corrected chi connectivity index (χ1v) is 6.15. The van der Waals surface area contributed by atoms with Crippen molar-refractivity contribution in [2.75, 3.05) is 0 Å². The molecule has 0 heterocycles. The van der Waals surface area contributed by atoms with Gasteiger partial charge in [-0.05, 0) is 52.8 Å². The average molecular weight is 355 g/mol. The molecule has 72 valence electrons. The Labute approximate surface area is 101 Å². The van der Waals surface area contributed by atoms with E-state index in [1.807, 2.05) is 18.2 Å². The van der Waals surface area contributed by atoms with Gasteiger partial charge >= 0.3 is 0 Å². The van der Waals surface area contributed by atoms with Crippen LogP contribution in [0.5, 0.6) is 0 Å². The van der Waals surface area contributed by atoms with Crippen molar-refractivity contribution in [1.29, 1.82) is 0 Å². The molecule has 0 aliphatic carbocycles. The first-order valence-electron chi connectivity index (χ1n) is 4.28. The summed E-state index contributed by atoms with van der Waals surface area (Å²) in [4.78, 5) is 0. The van der Waals surface area contributed by atoms with Crippen LogP contribution in [0.1, 0.15) is 31.4 Å². The SMILES string of the molecule is CCCC(O)c1cc(I)ccc1Br. The van der Waals surface area contributed by atoms with E-state index in [1.165, 1.54) is 0 Å². The predicted molar refractivity (Wildman–Crippen MR) is 66.7 cm³/mol. The van der Waals surface area contributed by atoms with Crippen LogP contribution >= 0.6 is 38.5 Å². The number of rotatable bonds is 3. The molecule has 3 heteroatoms. The molecule has 0 aromatic heterocycles. The largest absolute Gasteiger partial charge is 0.388 e. The molecule has 0 spiro atoms. The fourth-order valence-electron chi connectivity index (χ4n) is 1.20. The minimum atomic E-state index is -0.339. The van der Waals surface area contributed by atoms with E-state index in [2.05, 4.69) is 45.4 Å². The highest BCUT2D eigenvalue weighted by Crippen LogP contribution is 2.27. The van der Waals surface area contributed by atoms with Crippen molar-refractivity contribution < 1.29 is 5.11 Å². The van der Waals surface area contributed by atoms with Gasteiger partial charge in [-0.1, -0.05) is 29.3 Å². The smallest absolute Gasteiger partial charge is 0.0801 e. The Balaban J connectivity index is 2.91. The van der Waals surface area contributed by atoms with E-state index in [0.717, 1.165) is 26.4 Å². The van der Waals surface area contributed by atoms with Crippen molar-refractivity contribution in [3.8, 4) is 0 Å². The van der Waals surface area contributed by atoms with E-state index in [1.54, 1.807) is 0 Å². The second-order valence-corrected chi connectivity index (χ2v) is 5.07. The summed E-state index contributed by atoms with van der Waals surface area (Å²) in [5.41, 5.74) is 0.994. The Hall–Kier alpha value is 0.390. The van der Waals surface area contributed by atoms with Crippen LogP contribution in [0.25, 0.3) is 0 Å². The molecular formula is C10H12BrIO. The quantitative estimate of drug-likeness (QED) is 0.816. The van der Waals surface area contributed by atoms with Crippen LogP contribution in [0, 0.1) is 3.57 Å². The third-order valence-corrected chi connectivity index (χ3v) is 3.27. The van der Waals surface area contributed by atoms with Crippen LogP contribution in [-0.2, 0) is 0 Å². The van der Waals surface area contributed by atoms with E-state index in [0.29, 0.717) is 0 Å². The predicted octanol–water partition coefficient (Wildman–Crippen LogP) is 3.89. The Morgan fingerprint density at radius 2 is 2.23 bits per heavy atom. The standard InChI is InChI=1S/C10H12BrIO/c1-2-3-10(13)8-6-7(12)4-5-9(8)11/h4-6,10,13H,2-3H2,1H3. The summed E-state index contributed by atoms with van der Waals surface area (Å²) in [6.07, 6.45) is 1.48. The van der Waals surface area contributed by atoms with Crippen LogP contribution < -0.4 is 0 Å². The number of hydrogen-bond donors (Lipinski definition) is 1. The molecule has 0 saturated heterocycles. The van der Waals surface area contributed by atoms with Crippen LogP contribution in [0.4, 0.5) is 0 Å². The summed E-state index contributed by atoms with van der Waals surface area (Å²) in [5.74, 6) is 0. The van der Waals surface area contributed by atoms with Gasteiger partial charge in [0.25, 0.3) is 0 Å². The Morgan fingerprint density at radius 1 is 1.54 bits per heavy atom. The van der Waals surface area contributed by atoms with Gasteiger partial charge in [0.15, 0.2) is 0 Å². The molecule has 0 aliphatic heterocycles. The molecule has 0 bridgehead atoms. The normalized spacial score (nSPS) is 12.9. The minimum absolute atomic E-state index is 0.339. The summed E-state index contributed by atoms with van der Waals surface area (Å²) < 4.78 is 2.15. The number of hydrogen-bond acceptors (Lipinski definition) is 1. The van der Waals surface area contributed by atoms with Gasteiger partial charge in [0.2, 0.25) is 0 Å². The van der Waals surface area contributed by atoms with Crippen LogP contribution in [-0.4, -0.2) is 5.11 Å². The van der Waals surface area contributed by atoms with Crippen molar-refractivity contribution in [2.24, 2.45) is 0 Å². The minimum Gasteiger partial charge on any atom is -0.388 e. The molecule has 1 unspecified atom stereocenters. The van der Waals surface area contributed by atoms with Crippen molar-refractivity contribution in [3.05, 3.63) is 31.8 Å². The van der Waals surface area contributed by atoms with Gasteiger partial charge in [-0.15, -0.1) is 0 Å². The maximum atomic E-state index is 9.79. The maximum Gasteiger partial charge on any atom is 0.0801 e. The Morgan fingerprint density at radius 3 is 2.85 bits per heavy atom. The van der Waals surface area contributed by atoms with Gasteiger partial charge in [-0.25, -0.2) is 0 Å². The van der Waals surface area contributed by atoms with Gasteiger partial charge in [0.05, 0.1) is 6.10 Å². The average Bonchev–Trinajstić information content (AvgIpc) is 2.09. The molecule has 1 atom stereocenters. The van der Waals surface area contributed by atoms with E-state index in [-0.39, 0.29) is 6.10 Å². The third-order valence-electron chi connectivity index (χ3n) is 1.88. The van der Waals surface area contributed by atoms with Crippen molar-refractivity contribution in [2.45, 2.75) is 25.9 Å². The molecule has 0 aliphatic rings. The van der Waals surface area contributed by atoms with Gasteiger partial charge in [0, 0.05) is 8.04 Å². The number of halogens is 2. The van der Waals surface area contributed by atoms with E-state index in [9.17, 15) is 5.11 Å². The summed E-state index contributed by atoms with van der Waals surface area (Å²) in [5, 5.41) is 9.79. The zero-order valence-electron chi connectivity index (χ0n) is 7.43. The number of benzene rings is 1. The zero-order chi connectivity index (χ0) is 9.84. The summed E-state index contributed by atoms with van der Waals surface area (Å²) in [6.45, 7) is 2.07. The fraction of sp³-hybridized carbons (Fsp3) is 0.400. The molecule has 0 fully saturated rings. The molecule has 1 nitrogen and oxygen atoms in total. The second kappa shape index (κ2) is 5.32. The molecule has 13 heavy (non-hydrogen) atoms. The molecule has 1 aromatic rings. The molecule has 0 saturated carbocycles. The first kappa shape index (κ1) is 11.5. The molecule has 1 N–H and O–H groups in total. The van der Waals surface area contributed by atoms with Gasteiger partial charge in [0.1, 0.15) is 0 Å². The Bertz CT molecular complexity index is 288. The van der Waals surface area contributed by atoms with Crippen LogP contribution in [0.2, 0.25) is 0 Å². The lowest BCUT2D eigenvalue weighted by atomic mass is 10.1. The summed E-state index contributed by atoms with van der Waals surface area (Å²) >= 11 is 5.69. The molecule has 0 amide bonds. The van der Waals surface area contributed by atoms with Crippen LogP contribution in [0.15, 0.2) is 22.7 Å². The number of aliphatic hydroxyl groups is 1. The topological polar surface area (TPSA) is 20.2 Å². The molecule has 1 rings (SSSR count). The van der Waals surface area contributed by atoms with Gasteiger partial charge in [-0.2, -0.15) is 0 Å². The second-order valence-electron chi connectivity index (χ2n) is 2.97. The maximum absolute atomic E-state index is 9.79. The summed E-state index contributed by atoms with van der Waals surface area (Å²) in [6, 6.07) is 6.02. The van der Waals surface area contributed by atoms with Crippen molar-refractivity contribution >= 4 is 38.5 Å². The first-order chi connectivity index (χ1) is 6.15. The van der Waals surface area contributed by atoms with Crippen LogP contribution in [0.3, 0.4) is 0 Å². The Kier molecular flexibility index (Phi) is 4.69. The van der Waals surface area contributed by atoms with Gasteiger partial charge < -0.3 is 5.11 Å². The summed E-state index contributed by atoms with van der Waals surface area (Å²) in [7, 11) is 0. The van der Waals surface area contributed by atoms with Gasteiger partial charge in [-0.3, -0.25) is 0 Å². The zero-order valence-corrected chi connectivity index (χ0v) is 11.2. The highest BCUT2D eigenvalue weighted by Gasteiger charge is 2.10. The molecule has 1 aromatic carbocycles. The fourth-order valence-corrected chi connectivity index (χ4v) is 2.23.